The number of para-hydroxylation sites is 2. The zero-order valence-electron chi connectivity index (χ0n) is 15.7. The smallest absolute Gasteiger partial charge is 0.294 e. The second-order valence-corrected chi connectivity index (χ2v) is 6.94. The van der Waals surface area contributed by atoms with Gasteiger partial charge in [0.05, 0.1) is 24.8 Å². The van der Waals surface area contributed by atoms with E-state index < -0.39 is 23.6 Å². The van der Waals surface area contributed by atoms with Crippen molar-refractivity contribution in [2.45, 2.75) is 0 Å². The van der Waals surface area contributed by atoms with Crippen LogP contribution < -0.4 is 14.8 Å². The molecular formula is C20H18N2O6S. The van der Waals surface area contributed by atoms with E-state index in [0.29, 0.717) is 22.7 Å². The monoisotopic (exact) mass is 414 g/mol. The number of thioether (sulfide) groups is 1. The Morgan fingerprint density at radius 1 is 1.14 bits per heavy atom. The standard InChI is InChI=1S/C20H18N2O6S/c1-27-15-6-4-3-5-13(15)21-18(24)11-22-19(25)17(29-20(22)26)10-12-7-8-16(28-2)14(23)9-12/h3-10,23H,11H2,1-2H3,(H,21,24)/b17-10-. The number of ether oxygens (including phenoxy) is 2. The van der Waals surface area contributed by atoms with Gasteiger partial charge in [0.2, 0.25) is 5.91 Å². The number of imide groups is 1. The second-order valence-electron chi connectivity index (χ2n) is 5.95. The Bertz CT molecular complexity index is 1000. The van der Waals surface area contributed by atoms with Crippen LogP contribution in [-0.2, 0) is 9.59 Å². The van der Waals surface area contributed by atoms with Crippen molar-refractivity contribution in [1.29, 1.82) is 0 Å². The number of nitrogens with one attached hydrogen (secondary N) is 1. The van der Waals surface area contributed by atoms with Gasteiger partial charge in [0, 0.05) is 0 Å². The predicted octanol–water partition coefficient (Wildman–Crippen LogP) is 3.08. The molecule has 0 atom stereocenters. The van der Waals surface area contributed by atoms with Crippen molar-refractivity contribution in [1.82, 2.24) is 4.90 Å². The molecule has 8 nitrogen and oxygen atoms in total. The number of methoxy groups -OCH3 is 2. The molecule has 1 aliphatic heterocycles. The second kappa shape index (κ2) is 8.70. The molecule has 0 aromatic heterocycles. The molecule has 150 valence electrons. The summed E-state index contributed by atoms with van der Waals surface area (Å²) in [4.78, 5) is 38.1. The first-order valence-corrected chi connectivity index (χ1v) is 9.30. The van der Waals surface area contributed by atoms with Crippen LogP contribution in [0, 0.1) is 0 Å². The van der Waals surface area contributed by atoms with E-state index in [1.807, 2.05) is 0 Å². The number of phenols is 1. The highest BCUT2D eigenvalue weighted by Crippen LogP contribution is 2.34. The molecule has 1 aliphatic rings. The lowest BCUT2D eigenvalue weighted by Crippen LogP contribution is -2.36. The number of nitrogens with zero attached hydrogens (tertiary/aromatic N) is 1. The Hall–Kier alpha value is -3.46. The van der Waals surface area contributed by atoms with E-state index in [9.17, 15) is 19.5 Å². The summed E-state index contributed by atoms with van der Waals surface area (Å²) in [5, 5.41) is 11.9. The maximum Gasteiger partial charge on any atom is 0.294 e. The molecule has 3 rings (SSSR count). The number of anilines is 1. The number of hydrogen-bond acceptors (Lipinski definition) is 7. The Balaban J connectivity index is 1.72. The van der Waals surface area contributed by atoms with Crippen LogP contribution in [0.1, 0.15) is 5.56 Å². The minimum atomic E-state index is -0.578. The van der Waals surface area contributed by atoms with Crippen LogP contribution in [0.2, 0.25) is 0 Å². The van der Waals surface area contributed by atoms with E-state index >= 15 is 0 Å². The molecule has 3 amide bonds. The molecule has 1 heterocycles. The van der Waals surface area contributed by atoms with E-state index in [1.54, 1.807) is 36.4 Å². The van der Waals surface area contributed by atoms with E-state index in [1.165, 1.54) is 26.4 Å². The fraction of sp³-hybridized carbons (Fsp3) is 0.150. The van der Waals surface area contributed by atoms with E-state index in [4.69, 9.17) is 9.47 Å². The molecule has 0 radical (unpaired) electrons. The Morgan fingerprint density at radius 3 is 2.55 bits per heavy atom. The third kappa shape index (κ3) is 4.52. The molecule has 2 N–H and O–H groups in total. The summed E-state index contributed by atoms with van der Waals surface area (Å²) in [5.74, 6) is -0.431. The van der Waals surface area contributed by atoms with E-state index in [0.717, 1.165) is 16.7 Å². The molecule has 0 spiro atoms. The number of amides is 3. The van der Waals surface area contributed by atoms with Gasteiger partial charge in [-0.25, -0.2) is 0 Å². The number of carbonyl (C=O) groups is 3. The third-order valence-corrected chi connectivity index (χ3v) is 4.96. The number of rotatable bonds is 6. The van der Waals surface area contributed by atoms with Gasteiger partial charge in [-0.15, -0.1) is 0 Å². The van der Waals surface area contributed by atoms with Gasteiger partial charge in [-0.1, -0.05) is 18.2 Å². The van der Waals surface area contributed by atoms with Crippen LogP contribution in [0.3, 0.4) is 0 Å². The van der Waals surface area contributed by atoms with Gasteiger partial charge in [-0.2, -0.15) is 0 Å². The minimum Gasteiger partial charge on any atom is -0.504 e. The molecule has 0 saturated carbocycles. The summed E-state index contributed by atoms with van der Waals surface area (Å²) in [6, 6.07) is 11.4. The average molecular weight is 414 g/mol. The molecule has 2 aromatic carbocycles. The quantitative estimate of drug-likeness (QED) is 0.700. The normalized spacial score (nSPS) is 15.0. The summed E-state index contributed by atoms with van der Waals surface area (Å²) in [7, 11) is 2.90. The highest BCUT2D eigenvalue weighted by molar-refractivity contribution is 8.18. The maximum atomic E-state index is 12.6. The summed E-state index contributed by atoms with van der Waals surface area (Å²) >= 11 is 0.729. The van der Waals surface area contributed by atoms with Crippen molar-refractivity contribution in [2.24, 2.45) is 0 Å². The van der Waals surface area contributed by atoms with Crippen molar-refractivity contribution in [3.8, 4) is 17.2 Å². The predicted molar refractivity (Wildman–Crippen MR) is 109 cm³/mol. The number of phenolic OH excluding ortho intramolecular Hbond substituents is 1. The Labute approximate surface area is 171 Å². The molecule has 1 saturated heterocycles. The van der Waals surface area contributed by atoms with Crippen molar-refractivity contribution in [3.05, 3.63) is 52.9 Å². The van der Waals surface area contributed by atoms with Gasteiger partial charge in [0.1, 0.15) is 12.3 Å². The summed E-state index contributed by atoms with van der Waals surface area (Å²) in [6.07, 6.45) is 1.47. The molecule has 0 aliphatic carbocycles. The molecule has 1 fully saturated rings. The van der Waals surface area contributed by atoms with Gasteiger partial charge in [-0.3, -0.25) is 19.3 Å². The molecule has 0 bridgehead atoms. The topological polar surface area (TPSA) is 105 Å². The van der Waals surface area contributed by atoms with Gasteiger partial charge in [-0.05, 0) is 47.7 Å². The molecular weight excluding hydrogens is 396 g/mol. The van der Waals surface area contributed by atoms with Gasteiger partial charge >= 0.3 is 0 Å². The number of benzene rings is 2. The molecule has 9 heteroatoms. The fourth-order valence-electron chi connectivity index (χ4n) is 2.67. The van der Waals surface area contributed by atoms with Crippen molar-refractivity contribution >= 4 is 40.6 Å². The van der Waals surface area contributed by atoms with Crippen molar-refractivity contribution < 1.29 is 29.0 Å². The Morgan fingerprint density at radius 2 is 1.86 bits per heavy atom. The zero-order chi connectivity index (χ0) is 21.0. The third-order valence-electron chi connectivity index (χ3n) is 4.06. The summed E-state index contributed by atoms with van der Waals surface area (Å²) < 4.78 is 10.1. The lowest BCUT2D eigenvalue weighted by molar-refractivity contribution is -0.127. The maximum absolute atomic E-state index is 12.6. The summed E-state index contributed by atoms with van der Waals surface area (Å²) in [6.45, 7) is -0.423. The fourth-order valence-corrected chi connectivity index (χ4v) is 3.50. The number of carbonyl (C=O) groups excluding carboxylic acids is 3. The lowest BCUT2D eigenvalue weighted by Gasteiger charge is -2.14. The molecule has 2 aromatic rings. The highest BCUT2D eigenvalue weighted by Gasteiger charge is 2.36. The lowest BCUT2D eigenvalue weighted by atomic mass is 10.2. The van der Waals surface area contributed by atoms with E-state index in [2.05, 4.69) is 5.32 Å². The molecule has 0 unspecified atom stereocenters. The first kappa shape index (κ1) is 20.3. The molecule has 29 heavy (non-hydrogen) atoms. The van der Waals surface area contributed by atoms with Crippen LogP contribution in [0.4, 0.5) is 10.5 Å². The minimum absolute atomic E-state index is 0.0864. The first-order chi connectivity index (χ1) is 13.9. The van der Waals surface area contributed by atoms with Crippen molar-refractivity contribution in [2.75, 3.05) is 26.1 Å². The highest BCUT2D eigenvalue weighted by atomic mass is 32.2. The van der Waals surface area contributed by atoms with E-state index in [-0.39, 0.29) is 10.7 Å². The van der Waals surface area contributed by atoms with Gasteiger partial charge < -0.3 is 19.9 Å². The largest absolute Gasteiger partial charge is 0.504 e. The van der Waals surface area contributed by atoms with Gasteiger partial charge in [0.15, 0.2) is 11.5 Å². The van der Waals surface area contributed by atoms with Crippen LogP contribution in [0.5, 0.6) is 17.2 Å². The van der Waals surface area contributed by atoms with Crippen LogP contribution >= 0.6 is 11.8 Å². The van der Waals surface area contributed by atoms with Crippen LogP contribution in [0.25, 0.3) is 6.08 Å². The number of hydrogen-bond donors (Lipinski definition) is 2. The zero-order valence-corrected chi connectivity index (χ0v) is 16.5. The SMILES string of the molecule is COc1ccc(/C=C2\SC(=O)N(CC(=O)Nc3ccccc3OC)C2=O)cc1O. The number of aromatic hydroxyl groups is 1. The average Bonchev–Trinajstić information content (AvgIpc) is 2.96. The summed E-state index contributed by atoms with van der Waals surface area (Å²) in [5.41, 5.74) is 0.962. The Kier molecular flexibility index (Phi) is 6.08. The van der Waals surface area contributed by atoms with Crippen LogP contribution in [-0.4, -0.2) is 47.8 Å². The van der Waals surface area contributed by atoms with Gasteiger partial charge in [0.25, 0.3) is 11.1 Å². The van der Waals surface area contributed by atoms with Crippen LogP contribution in [0.15, 0.2) is 47.4 Å². The van der Waals surface area contributed by atoms with Crippen molar-refractivity contribution in [3.63, 3.8) is 0 Å². The first-order valence-electron chi connectivity index (χ1n) is 8.48.